The number of hydrogen-bond donors (Lipinski definition) is 2. The van der Waals surface area contributed by atoms with Crippen LogP contribution < -0.4 is 5.32 Å². The number of rotatable bonds is 4. The van der Waals surface area contributed by atoms with Gasteiger partial charge in [-0.3, -0.25) is 9.59 Å². The number of hydrogen-bond acceptors (Lipinski definition) is 4. The van der Waals surface area contributed by atoms with E-state index in [1.54, 1.807) is 11.8 Å². The largest absolute Gasteiger partial charge is 0.479 e. The number of carboxylic acids is 1. The Morgan fingerprint density at radius 1 is 1.32 bits per heavy atom. The van der Waals surface area contributed by atoms with E-state index in [9.17, 15) is 19.5 Å². The number of nitrogens with one attached hydrogen (secondary N) is 1. The van der Waals surface area contributed by atoms with Crippen molar-refractivity contribution in [2.75, 3.05) is 18.1 Å². The molecule has 22 heavy (non-hydrogen) atoms. The summed E-state index contributed by atoms with van der Waals surface area (Å²) in [5.74, 6) is -0.473. The summed E-state index contributed by atoms with van der Waals surface area (Å²) in [7, 11) is 0. The third-order valence-electron chi connectivity index (χ3n) is 5.09. The zero-order valence-electron chi connectivity index (χ0n) is 12.5. The van der Waals surface area contributed by atoms with Gasteiger partial charge in [-0.25, -0.2) is 4.79 Å². The minimum Gasteiger partial charge on any atom is -0.479 e. The number of carboxylic acid groups (broad SMARTS) is 1. The van der Waals surface area contributed by atoms with Crippen molar-refractivity contribution < 1.29 is 19.5 Å². The van der Waals surface area contributed by atoms with Crippen LogP contribution in [0.25, 0.3) is 0 Å². The topological polar surface area (TPSA) is 86.7 Å². The van der Waals surface area contributed by atoms with Gasteiger partial charge in [0.25, 0.3) is 0 Å². The molecule has 0 aromatic carbocycles. The minimum absolute atomic E-state index is 0.0391. The van der Waals surface area contributed by atoms with E-state index in [2.05, 4.69) is 5.32 Å². The molecule has 0 aromatic rings. The first-order chi connectivity index (χ1) is 10.5. The molecule has 3 fully saturated rings. The quantitative estimate of drug-likeness (QED) is 0.800. The van der Waals surface area contributed by atoms with Crippen molar-refractivity contribution in [3.63, 3.8) is 0 Å². The van der Waals surface area contributed by atoms with Gasteiger partial charge < -0.3 is 15.3 Å². The number of carbonyl (C=O) groups is 3. The number of carbonyl (C=O) groups excluding carboxylic acids is 2. The highest BCUT2D eigenvalue weighted by Gasteiger charge is 2.46. The van der Waals surface area contributed by atoms with E-state index in [4.69, 9.17) is 0 Å². The maximum absolute atomic E-state index is 12.5. The van der Waals surface area contributed by atoms with Crippen molar-refractivity contribution in [2.24, 2.45) is 5.92 Å². The SMILES string of the molecule is O=C(NC1(C(=O)O)CCSC1)C1CC(=O)N(C2CCCC2)C1. The monoisotopic (exact) mass is 326 g/mol. The molecule has 0 radical (unpaired) electrons. The Balaban J connectivity index is 1.63. The molecular weight excluding hydrogens is 304 g/mol. The van der Waals surface area contributed by atoms with Crippen molar-refractivity contribution >= 4 is 29.5 Å². The molecule has 2 amide bonds. The fourth-order valence-corrected chi connectivity index (χ4v) is 5.03. The van der Waals surface area contributed by atoms with Gasteiger partial charge in [-0.1, -0.05) is 12.8 Å². The second-order valence-electron chi connectivity index (χ2n) is 6.56. The summed E-state index contributed by atoms with van der Waals surface area (Å²) in [5.41, 5.74) is -1.15. The molecule has 2 atom stereocenters. The van der Waals surface area contributed by atoms with Crippen LogP contribution in [0.15, 0.2) is 0 Å². The van der Waals surface area contributed by atoms with Gasteiger partial charge in [0.05, 0.1) is 5.92 Å². The maximum Gasteiger partial charge on any atom is 0.330 e. The molecule has 0 aromatic heterocycles. The van der Waals surface area contributed by atoms with Crippen LogP contribution in [0.3, 0.4) is 0 Å². The van der Waals surface area contributed by atoms with Crippen molar-refractivity contribution in [3.05, 3.63) is 0 Å². The van der Waals surface area contributed by atoms with Gasteiger partial charge in [0, 0.05) is 24.8 Å². The van der Waals surface area contributed by atoms with Crippen LogP contribution in [0.4, 0.5) is 0 Å². The van der Waals surface area contributed by atoms with Gasteiger partial charge in [0.15, 0.2) is 0 Å². The molecule has 1 aliphatic carbocycles. The van der Waals surface area contributed by atoms with Crippen LogP contribution in [0.1, 0.15) is 38.5 Å². The third-order valence-corrected chi connectivity index (χ3v) is 6.28. The summed E-state index contributed by atoms with van der Waals surface area (Å²) < 4.78 is 0. The second kappa shape index (κ2) is 6.10. The van der Waals surface area contributed by atoms with E-state index in [-0.39, 0.29) is 24.3 Å². The molecule has 2 heterocycles. The third kappa shape index (κ3) is 2.83. The number of amides is 2. The lowest BCUT2D eigenvalue weighted by atomic mass is 9.97. The fraction of sp³-hybridized carbons (Fsp3) is 0.800. The van der Waals surface area contributed by atoms with Gasteiger partial charge in [-0.05, 0) is 25.0 Å². The van der Waals surface area contributed by atoms with E-state index >= 15 is 0 Å². The summed E-state index contributed by atoms with van der Waals surface area (Å²) in [6, 6.07) is 0.278. The zero-order valence-corrected chi connectivity index (χ0v) is 13.4. The Morgan fingerprint density at radius 2 is 2.05 bits per heavy atom. The molecule has 2 aliphatic heterocycles. The van der Waals surface area contributed by atoms with Crippen molar-refractivity contribution in [1.82, 2.24) is 10.2 Å². The van der Waals surface area contributed by atoms with Gasteiger partial charge in [-0.15, -0.1) is 0 Å². The lowest BCUT2D eigenvalue weighted by molar-refractivity contribution is -0.147. The predicted octanol–water partition coefficient (Wildman–Crippen LogP) is 0.854. The molecule has 3 rings (SSSR count). The van der Waals surface area contributed by atoms with Crippen molar-refractivity contribution in [3.8, 4) is 0 Å². The molecule has 3 aliphatic rings. The van der Waals surface area contributed by atoms with Crippen molar-refractivity contribution in [2.45, 2.75) is 50.1 Å². The van der Waals surface area contributed by atoms with E-state index in [1.165, 1.54) is 0 Å². The van der Waals surface area contributed by atoms with Gasteiger partial charge in [0.2, 0.25) is 11.8 Å². The zero-order chi connectivity index (χ0) is 15.7. The molecule has 2 unspecified atom stereocenters. The number of aliphatic carboxylic acids is 1. The lowest BCUT2D eigenvalue weighted by Gasteiger charge is -2.27. The maximum atomic E-state index is 12.5. The first kappa shape index (κ1) is 15.6. The number of likely N-dealkylation sites (tertiary alicyclic amines) is 1. The average Bonchev–Trinajstić information content (AvgIpc) is 3.17. The fourth-order valence-electron chi connectivity index (χ4n) is 3.70. The van der Waals surface area contributed by atoms with E-state index in [0.29, 0.717) is 18.7 Å². The molecular formula is C15H22N2O4S. The van der Waals surface area contributed by atoms with Crippen LogP contribution in [0.2, 0.25) is 0 Å². The van der Waals surface area contributed by atoms with E-state index in [0.717, 1.165) is 31.4 Å². The predicted molar refractivity (Wildman–Crippen MR) is 82.5 cm³/mol. The second-order valence-corrected chi connectivity index (χ2v) is 7.67. The Hall–Kier alpha value is -1.24. The first-order valence-electron chi connectivity index (χ1n) is 7.94. The Kier molecular flexibility index (Phi) is 4.34. The molecule has 0 bridgehead atoms. The normalized spacial score (nSPS) is 32.6. The summed E-state index contributed by atoms with van der Waals surface area (Å²) in [6.07, 6.45) is 5.00. The molecule has 122 valence electrons. The average molecular weight is 326 g/mol. The number of nitrogens with zero attached hydrogens (tertiary/aromatic N) is 1. The highest BCUT2D eigenvalue weighted by Crippen LogP contribution is 2.32. The van der Waals surface area contributed by atoms with Gasteiger partial charge in [-0.2, -0.15) is 11.8 Å². The Labute approximate surface area is 134 Å². The molecule has 6 nitrogen and oxygen atoms in total. The highest BCUT2D eigenvalue weighted by atomic mass is 32.2. The molecule has 2 N–H and O–H groups in total. The first-order valence-corrected chi connectivity index (χ1v) is 9.10. The molecule has 2 saturated heterocycles. The highest BCUT2D eigenvalue weighted by molar-refractivity contribution is 7.99. The van der Waals surface area contributed by atoms with E-state index in [1.807, 2.05) is 4.90 Å². The van der Waals surface area contributed by atoms with Crippen LogP contribution in [-0.2, 0) is 14.4 Å². The Bertz CT molecular complexity index is 484. The van der Waals surface area contributed by atoms with Crippen LogP contribution in [0.5, 0.6) is 0 Å². The number of thioether (sulfide) groups is 1. The molecule has 0 spiro atoms. The van der Waals surface area contributed by atoms with E-state index < -0.39 is 17.4 Å². The smallest absolute Gasteiger partial charge is 0.330 e. The standard InChI is InChI=1S/C15H22N2O4S/c18-12-7-10(8-17(12)11-3-1-2-4-11)13(19)16-15(14(20)21)5-6-22-9-15/h10-11H,1-9H2,(H,16,19)(H,20,21). The minimum atomic E-state index is -1.15. The summed E-state index contributed by atoms with van der Waals surface area (Å²) in [5, 5.41) is 12.2. The van der Waals surface area contributed by atoms with Gasteiger partial charge in [0.1, 0.15) is 5.54 Å². The van der Waals surface area contributed by atoms with Crippen LogP contribution in [0, 0.1) is 5.92 Å². The van der Waals surface area contributed by atoms with Crippen molar-refractivity contribution in [1.29, 1.82) is 0 Å². The van der Waals surface area contributed by atoms with Crippen LogP contribution >= 0.6 is 11.8 Å². The molecule has 1 saturated carbocycles. The summed E-state index contributed by atoms with van der Waals surface area (Å²) >= 11 is 1.54. The van der Waals surface area contributed by atoms with Gasteiger partial charge >= 0.3 is 5.97 Å². The van der Waals surface area contributed by atoms with Crippen LogP contribution in [-0.4, -0.2) is 57.4 Å². The Morgan fingerprint density at radius 3 is 2.64 bits per heavy atom. The lowest BCUT2D eigenvalue weighted by Crippen LogP contribution is -2.56. The summed E-state index contributed by atoms with van der Waals surface area (Å²) in [4.78, 5) is 38.0. The molecule has 7 heteroatoms. The summed E-state index contributed by atoms with van der Waals surface area (Å²) in [6.45, 7) is 0.443.